The van der Waals surface area contributed by atoms with E-state index in [1.807, 2.05) is 60.9 Å². The molecule has 0 aliphatic rings. The largest absolute Gasteiger partial charge is 3.00 e. The van der Waals surface area contributed by atoms with Gasteiger partial charge in [0.2, 0.25) is 0 Å². The molecule has 10 heteroatoms. The van der Waals surface area contributed by atoms with Crippen LogP contribution in [-0.4, -0.2) is 27.6 Å². The maximum Gasteiger partial charge on any atom is 3.00 e. The molecule has 0 aliphatic carbocycles. The van der Waals surface area contributed by atoms with Crippen LogP contribution in [0.25, 0.3) is 94.8 Å². The normalized spacial score (nSPS) is 11.5. The monoisotopic (exact) mass is 1290 g/mol. The molecule has 12 aromatic rings. The first-order chi connectivity index (χ1) is 39.3. The minimum absolute atomic E-state index is 0. The van der Waals surface area contributed by atoms with Gasteiger partial charge in [-0.2, -0.15) is 5.26 Å². The minimum Gasteiger partial charge on any atom is -0.501 e. The van der Waals surface area contributed by atoms with Gasteiger partial charge in [0.1, 0.15) is 5.58 Å². The topological polar surface area (TPSA) is 80.5 Å². The van der Waals surface area contributed by atoms with Crippen LogP contribution in [0.15, 0.2) is 199 Å². The third kappa shape index (κ3) is 13.1. The second kappa shape index (κ2) is 25.0. The molecule has 0 spiro atoms. The Morgan fingerprint density at radius 3 is 1.78 bits per heavy atom. The van der Waals surface area contributed by atoms with Crippen LogP contribution in [0, 0.1) is 41.2 Å². The maximum absolute atomic E-state index is 12.8. The molecule has 0 aliphatic heterocycles. The van der Waals surface area contributed by atoms with E-state index in [4.69, 9.17) is 9.40 Å². The number of hydrogen-bond donors (Lipinski definition) is 0. The number of hydrogen-bond acceptors (Lipinski definition) is 5. The summed E-state index contributed by atoms with van der Waals surface area (Å²) < 4.78 is 34.6. The SMILES string of the molecule is CC(C)(C)c1ccc(-c2[c-]cc(F)cc2)nc1.CC(C)c1cc(-c2ccccc2)cc(C(C)C)c1-n1c(-c2[c-]ccc3c2oc2cc(-c4cccc(C#N)c4)ccc23)nc2ccccc21.C[Si](C)(C)c1ccc(-c2[c-]cc(F)cc2)nc1.[Ir+3]. The fraction of sp³-hybridized carbons (Fsp3) is 0.178. The number of fused-ring (bicyclic) bond motifs is 4. The smallest absolute Gasteiger partial charge is 0.501 e. The van der Waals surface area contributed by atoms with E-state index in [1.165, 1.54) is 63.0 Å². The van der Waals surface area contributed by atoms with Crippen molar-refractivity contribution in [2.24, 2.45) is 0 Å². The number of para-hydroxylation sites is 2. The van der Waals surface area contributed by atoms with Crippen LogP contribution in [-0.2, 0) is 25.5 Å². The third-order valence-corrected chi connectivity index (χ3v) is 16.7. The summed E-state index contributed by atoms with van der Waals surface area (Å²) in [7, 11) is -1.30. The molecule has 0 saturated carbocycles. The summed E-state index contributed by atoms with van der Waals surface area (Å²) in [6.45, 7) is 22.4. The molecule has 4 heterocycles. The molecule has 12 rings (SSSR count). The van der Waals surface area contributed by atoms with Crippen molar-refractivity contribution < 1.29 is 33.3 Å². The molecule has 83 heavy (non-hydrogen) atoms. The average molecular weight is 1290 g/mol. The summed E-state index contributed by atoms with van der Waals surface area (Å²) in [5, 5.41) is 12.8. The van der Waals surface area contributed by atoms with E-state index in [9.17, 15) is 14.0 Å². The molecule has 0 saturated heterocycles. The van der Waals surface area contributed by atoms with Gasteiger partial charge in [0.15, 0.2) is 0 Å². The molecule has 0 atom stereocenters. The van der Waals surface area contributed by atoms with Gasteiger partial charge in [-0.25, -0.2) is 0 Å². The third-order valence-electron chi connectivity index (χ3n) is 14.6. The summed E-state index contributed by atoms with van der Waals surface area (Å²) in [5.41, 5.74) is 17.7. The first-order valence-corrected chi connectivity index (χ1v) is 31.2. The molecule has 8 aromatic carbocycles. The molecule has 0 amide bonds. The molecular formula is C73H64F2IrN5OSi. The van der Waals surface area contributed by atoms with Gasteiger partial charge in [-0.3, -0.25) is 13.8 Å². The van der Waals surface area contributed by atoms with Crippen LogP contribution in [0.1, 0.15) is 82.6 Å². The Balaban J connectivity index is 0.000000193. The zero-order valence-corrected chi connectivity index (χ0v) is 51.8. The van der Waals surface area contributed by atoms with E-state index in [2.05, 4.69) is 204 Å². The van der Waals surface area contributed by atoms with Crippen molar-refractivity contribution in [3.63, 3.8) is 0 Å². The van der Waals surface area contributed by atoms with E-state index in [0.717, 1.165) is 78.0 Å². The summed E-state index contributed by atoms with van der Waals surface area (Å²) in [6.07, 6.45) is 3.80. The number of imidazole rings is 1. The van der Waals surface area contributed by atoms with Crippen molar-refractivity contribution in [1.82, 2.24) is 19.5 Å². The molecule has 0 N–H and O–H groups in total. The second-order valence-electron chi connectivity index (χ2n) is 23.2. The van der Waals surface area contributed by atoms with E-state index < -0.39 is 8.07 Å². The predicted molar refractivity (Wildman–Crippen MR) is 335 cm³/mol. The van der Waals surface area contributed by atoms with E-state index >= 15 is 0 Å². The molecule has 0 radical (unpaired) electrons. The second-order valence-corrected chi connectivity index (χ2v) is 28.3. The van der Waals surface area contributed by atoms with Crippen molar-refractivity contribution >= 4 is 46.2 Å². The average Bonchev–Trinajstić information content (AvgIpc) is 2.43. The summed E-state index contributed by atoms with van der Waals surface area (Å²) in [6, 6.07) is 70.3. The Hall–Kier alpha value is -8.45. The Morgan fingerprint density at radius 2 is 1.22 bits per heavy atom. The van der Waals surface area contributed by atoms with E-state index in [0.29, 0.717) is 5.56 Å². The Labute approximate surface area is 501 Å². The number of pyridine rings is 2. The van der Waals surface area contributed by atoms with Crippen LogP contribution in [0.3, 0.4) is 0 Å². The zero-order valence-electron chi connectivity index (χ0n) is 48.4. The first-order valence-electron chi connectivity index (χ1n) is 27.7. The maximum atomic E-state index is 12.8. The van der Waals surface area contributed by atoms with Crippen LogP contribution in [0.2, 0.25) is 19.6 Å². The quantitative estimate of drug-likeness (QED) is 0.106. The summed E-state index contributed by atoms with van der Waals surface area (Å²) in [4.78, 5) is 14.1. The van der Waals surface area contributed by atoms with Gasteiger partial charge < -0.3 is 19.0 Å². The van der Waals surface area contributed by atoms with Crippen LogP contribution in [0.5, 0.6) is 0 Å². The van der Waals surface area contributed by atoms with Crippen molar-refractivity contribution in [3.8, 4) is 67.9 Å². The van der Waals surface area contributed by atoms with Crippen molar-refractivity contribution in [3.05, 3.63) is 246 Å². The molecule has 4 aromatic heterocycles. The number of nitriles is 1. The van der Waals surface area contributed by atoms with Crippen molar-refractivity contribution in [1.29, 1.82) is 5.26 Å². The minimum atomic E-state index is -1.30. The zero-order chi connectivity index (χ0) is 57.9. The number of rotatable bonds is 9. The van der Waals surface area contributed by atoms with E-state index in [-0.39, 0.29) is 49.0 Å². The van der Waals surface area contributed by atoms with Crippen molar-refractivity contribution in [2.45, 2.75) is 85.4 Å². The number of furan rings is 1. The fourth-order valence-electron chi connectivity index (χ4n) is 10.0. The van der Waals surface area contributed by atoms with Gasteiger partial charge >= 0.3 is 20.1 Å². The van der Waals surface area contributed by atoms with Gasteiger partial charge in [-0.05, 0) is 115 Å². The molecule has 6 nitrogen and oxygen atoms in total. The Kier molecular flexibility index (Phi) is 17.8. The summed E-state index contributed by atoms with van der Waals surface area (Å²) in [5.74, 6) is 0.782. The molecule has 0 fully saturated rings. The van der Waals surface area contributed by atoms with E-state index in [1.54, 1.807) is 12.1 Å². The Morgan fingerprint density at radius 1 is 0.602 bits per heavy atom. The van der Waals surface area contributed by atoms with Crippen LogP contribution >= 0.6 is 0 Å². The summed E-state index contributed by atoms with van der Waals surface area (Å²) >= 11 is 0. The number of aromatic nitrogens is 4. The van der Waals surface area contributed by atoms with Gasteiger partial charge in [0, 0.05) is 35.1 Å². The number of nitrogens with zero attached hydrogens (tertiary/aromatic N) is 5. The van der Waals surface area contributed by atoms with Gasteiger partial charge in [0.25, 0.3) is 0 Å². The fourth-order valence-corrected chi connectivity index (χ4v) is 11.1. The Bertz CT molecular complexity index is 4120. The van der Waals surface area contributed by atoms with Gasteiger partial charge in [-0.15, -0.1) is 77.9 Å². The first kappa shape index (κ1) is 59.2. The van der Waals surface area contributed by atoms with Crippen molar-refractivity contribution in [2.75, 3.05) is 0 Å². The van der Waals surface area contributed by atoms with Gasteiger partial charge in [0.05, 0.1) is 42.1 Å². The number of benzene rings is 8. The predicted octanol–water partition coefficient (Wildman–Crippen LogP) is 19.1. The molecule has 0 unspecified atom stereocenters. The molecule has 0 bridgehead atoms. The van der Waals surface area contributed by atoms with Crippen LogP contribution in [0.4, 0.5) is 8.78 Å². The number of halogens is 2. The van der Waals surface area contributed by atoms with Gasteiger partial charge in [-0.1, -0.05) is 170 Å². The van der Waals surface area contributed by atoms with Crippen LogP contribution < -0.4 is 5.19 Å². The molecular weight excluding hydrogens is 1220 g/mol. The standard InChI is InChI=1S/C44H34N3O.C15H15FN.C14H15FNSi.Ir/c1-27(2)37-23-33(30-13-6-5-7-14-30)24-38(28(3)4)42(37)47-40-19-9-8-18-39(40)46-44(47)36-17-11-16-35-34-21-20-32(25-41(34)48-43(35)36)31-15-10-12-29(22-31)26-45;1-15(2,3)12-6-9-14(17-10-12)11-4-7-13(16)8-5-11;1-17(2,3)13-8-9-14(16-10-13)11-4-6-12(15)7-5-11;/h5-16,18-25,27-28H,1-4H3;2*4,6-10H,1-3H3;/q3*-1;+3. The molecule has 414 valence electrons.